The number of benzene rings is 2. The molecule has 0 aliphatic rings. The van der Waals surface area contributed by atoms with Crippen LogP contribution in [0.2, 0.25) is 0 Å². The van der Waals surface area contributed by atoms with Crippen molar-refractivity contribution in [2.75, 3.05) is 5.32 Å². The molecule has 0 fully saturated rings. The van der Waals surface area contributed by atoms with Crippen molar-refractivity contribution in [2.45, 2.75) is 44.9 Å². The molecule has 0 aliphatic carbocycles. The summed E-state index contributed by atoms with van der Waals surface area (Å²) in [4.78, 5) is 22.6. The zero-order valence-corrected chi connectivity index (χ0v) is 14.4. The van der Waals surface area contributed by atoms with Gasteiger partial charge in [-0.05, 0) is 42.5 Å². The van der Waals surface area contributed by atoms with Crippen LogP contribution in [0.5, 0.6) is 0 Å². The van der Waals surface area contributed by atoms with E-state index in [9.17, 15) is 9.59 Å². The fourth-order valence-electron chi connectivity index (χ4n) is 2.72. The Hall–Kier alpha value is -2.62. The molecule has 0 unspecified atom stereocenters. The van der Waals surface area contributed by atoms with Crippen LogP contribution in [0, 0.1) is 0 Å². The largest absolute Gasteiger partial charge is 0.481 e. The van der Waals surface area contributed by atoms with E-state index in [-0.39, 0.29) is 12.3 Å². The van der Waals surface area contributed by atoms with Gasteiger partial charge in [0.25, 0.3) is 0 Å². The van der Waals surface area contributed by atoms with Crippen molar-refractivity contribution in [1.82, 2.24) is 0 Å². The highest BCUT2D eigenvalue weighted by Crippen LogP contribution is 2.12. The normalized spacial score (nSPS) is 10.4. The molecule has 0 atom stereocenters. The molecule has 0 bridgehead atoms. The fraction of sp³-hybridized carbons (Fsp3) is 0.333. The number of anilines is 1. The van der Waals surface area contributed by atoms with Gasteiger partial charge in [0.1, 0.15) is 0 Å². The van der Waals surface area contributed by atoms with Crippen molar-refractivity contribution < 1.29 is 14.7 Å². The minimum Gasteiger partial charge on any atom is -0.481 e. The third-order valence-corrected chi connectivity index (χ3v) is 4.06. The van der Waals surface area contributed by atoms with Crippen molar-refractivity contribution in [3.05, 3.63) is 65.7 Å². The first-order chi connectivity index (χ1) is 12.1. The number of hydrogen-bond donors (Lipinski definition) is 2. The number of aliphatic carboxylic acids is 1. The number of carboxylic acids is 1. The van der Waals surface area contributed by atoms with E-state index in [4.69, 9.17) is 5.11 Å². The predicted octanol–water partition coefficient (Wildman–Crippen LogP) is 4.45. The van der Waals surface area contributed by atoms with Crippen LogP contribution >= 0.6 is 0 Å². The molecule has 4 nitrogen and oxygen atoms in total. The van der Waals surface area contributed by atoms with Gasteiger partial charge < -0.3 is 10.4 Å². The van der Waals surface area contributed by atoms with Gasteiger partial charge in [-0.3, -0.25) is 9.59 Å². The number of carboxylic acid groups (broad SMARTS) is 1. The van der Waals surface area contributed by atoms with Crippen LogP contribution in [0.25, 0.3) is 0 Å². The summed E-state index contributed by atoms with van der Waals surface area (Å²) in [7, 11) is 0. The molecule has 2 aromatic rings. The van der Waals surface area contributed by atoms with Crippen molar-refractivity contribution in [1.29, 1.82) is 0 Å². The van der Waals surface area contributed by atoms with E-state index in [1.54, 1.807) is 24.3 Å². The Balaban J connectivity index is 1.58. The van der Waals surface area contributed by atoms with Crippen molar-refractivity contribution in [3.8, 4) is 0 Å². The highest BCUT2D eigenvalue weighted by atomic mass is 16.4. The van der Waals surface area contributed by atoms with Crippen LogP contribution in [0.1, 0.15) is 43.2 Å². The van der Waals surface area contributed by atoms with Gasteiger partial charge in [-0.15, -0.1) is 0 Å². The number of hydrogen-bond acceptors (Lipinski definition) is 2. The summed E-state index contributed by atoms with van der Waals surface area (Å²) >= 11 is 0. The molecule has 2 rings (SSSR count). The minimum atomic E-state index is -0.857. The average Bonchev–Trinajstić information content (AvgIpc) is 2.60. The Kier molecular flexibility index (Phi) is 7.70. The molecule has 0 heterocycles. The Morgan fingerprint density at radius 1 is 0.800 bits per heavy atom. The van der Waals surface area contributed by atoms with E-state index in [0.717, 1.165) is 37.7 Å². The number of amides is 1. The maximum atomic E-state index is 11.9. The minimum absolute atomic E-state index is 0.00277. The summed E-state index contributed by atoms with van der Waals surface area (Å²) in [5.74, 6) is -0.849. The van der Waals surface area contributed by atoms with E-state index in [2.05, 4.69) is 29.6 Å². The smallest absolute Gasteiger partial charge is 0.307 e. The van der Waals surface area contributed by atoms with Gasteiger partial charge in [0.15, 0.2) is 0 Å². The number of nitrogens with one attached hydrogen (secondary N) is 1. The van der Waals surface area contributed by atoms with E-state index in [0.29, 0.717) is 12.1 Å². The third kappa shape index (κ3) is 7.66. The first-order valence-electron chi connectivity index (χ1n) is 8.78. The van der Waals surface area contributed by atoms with Gasteiger partial charge in [-0.2, -0.15) is 0 Å². The molecule has 0 saturated heterocycles. The van der Waals surface area contributed by atoms with E-state index in [1.165, 1.54) is 5.56 Å². The van der Waals surface area contributed by atoms with E-state index < -0.39 is 5.97 Å². The molecule has 0 saturated carbocycles. The maximum absolute atomic E-state index is 11.9. The Morgan fingerprint density at radius 2 is 1.48 bits per heavy atom. The first kappa shape index (κ1) is 18.7. The number of aryl methyl sites for hydroxylation is 1. The summed E-state index contributed by atoms with van der Waals surface area (Å²) in [6.45, 7) is 0. The molecule has 0 spiro atoms. The Labute approximate surface area is 148 Å². The summed E-state index contributed by atoms with van der Waals surface area (Å²) < 4.78 is 0. The molecule has 0 aliphatic heterocycles. The van der Waals surface area contributed by atoms with Crippen LogP contribution < -0.4 is 5.32 Å². The van der Waals surface area contributed by atoms with Crippen molar-refractivity contribution in [3.63, 3.8) is 0 Å². The Morgan fingerprint density at radius 3 is 2.16 bits per heavy atom. The molecule has 25 heavy (non-hydrogen) atoms. The molecule has 2 aromatic carbocycles. The highest BCUT2D eigenvalue weighted by Gasteiger charge is 2.04. The maximum Gasteiger partial charge on any atom is 0.307 e. The van der Waals surface area contributed by atoms with Gasteiger partial charge in [0.2, 0.25) is 5.91 Å². The third-order valence-electron chi connectivity index (χ3n) is 4.06. The second-order valence-corrected chi connectivity index (χ2v) is 6.22. The molecular formula is C21H25NO3. The van der Waals surface area contributed by atoms with Gasteiger partial charge >= 0.3 is 5.97 Å². The standard InChI is InChI=1S/C21H25NO3/c23-20(22-19-14-12-18(13-15-19)16-21(24)25)11-7-2-1-4-8-17-9-5-3-6-10-17/h3,5-6,9-10,12-15H,1-2,4,7-8,11,16H2,(H,22,23)(H,24,25). The molecule has 4 heteroatoms. The first-order valence-corrected chi connectivity index (χ1v) is 8.78. The van der Waals surface area contributed by atoms with Crippen LogP contribution in [0.3, 0.4) is 0 Å². The second kappa shape index (κ2) is 10.3. The number of carbonyl (C=O) groups is 2. The van der Waals surface area contributed by atoms with Crippen molar-refractivity contribution >= 4 is 17.6 Å². The van der Waals surface area contributed by atoms with Crippen molar-refractivity contribution in [2.24, 2.45) is 0 Å². The average molecular weight is 339 g/mol. The lowest BCUT2D eigenvalue weighted by atomic mass is 10.1. The van der Waals surface area contributed by atoms with Gasteiger partial charge in [0.05, 0.1) is 6.42 Å². The highest BCUT2D eigenvalue weighted by molar-refractivity contribution is 5.90. The number of carbonyl (C=O) groups excluding carboxylic acids is 1. The Bertz CT molecular complexity index is 665. The second-order valence-electron chi connectivity index (χ2n) is 6.22. The summed E-state index contributed by atoms with van der Waals surface area (Å²) in [6.07, 6.45) is 5.83. The fourth-order valence-corrected chi connectivity index (χ4v) is 2.72. The molecule has 2 N–H and O–H groups in total. The SMILES string of the molecule is O=C(O)Cc1ccc(NC(=O)CCCCCCc2ccccc2)cc1. The lowest BCUT2D eigenvalue weighted by Crippen LogP contribution is -2.11. The topological polar surface area (TPSA) is 66.4 Å². The summed E-state index contributed by atoms with van der Waals surface area (Å²) in [5, 5.41) is 11.6. The van der Waals surface area contributed by atoms with E-state index >= 15 is 0 Å². The number of rotatable bonds is 10. The quantitative estimate of drug-likeness (QED) is 0.629. The lowest BCUT2D eigenvalue weighted by molar-refractivity contribution is -0.136. The van der Waals surface area contributed by atoms with Gasteiger partial charge in [0, 0.05) is 12.1 Å². The van der Waals surface area contributed by atoms with Gasteiger partial charge in [-0.25, -0.2) is 0 Å². The zero-order chi connectivity index (χ0) is 17.9. The lowest BCUT2D eigenvalue weighted by Gasteiger charge is -2.06. The molecule has 0 aromatic heterocycles. The molecule has 1 amide bonds. The van der Waals surface area contributed by atoms with Crippen LogP contribution in [0.4, 0.5) is 5.69 Å². The summed E-state index contributed by atoms with van der Waals surface area (Å²) in [5.41, 5.74) is 2.80. The van der Waals surface area contributed by atoms with Crippen LogP contribution in [0.15, 0.2) is 54.6 Å². The monoisotopic (exact) mass is 339 g/mol. The molecular weight excluding hydrogens is 314 g/mol. The molecule has 0 radical (unpaired) electrons. The van der Waals surface area contributed by atoms with Gasteiger partial charge in [-0.1, -0.05) is 55.3 Å². The molecule has 132 valence electrons. The predicted molar refractivity (Wildman–Crippen MR) is 99.6 cm³/mol. The number of unbranched alkanes of at least 4 members (excludes halogenated alkanes) is 3. The van der Waals surface area contributed by atoms with Crippen LogP contribution in [-0.4, -0.2) is 17.0 Å². The summed E-state index contributed by atoms with van der Waals surface area (Å²) in [6, 6.07) is 17.4. The van der Waals surface area contributed by atoms with E-state index in [1.807, 2.05) is 6.07 Å². The van der Waals surface area contributed by atoms with Crippen LogP contribution in [-0.2, 0) is 22.4 Å². The zero-order valence-electron chi connectivity index (χ0n) is 14.4.